The van der Waals surface area contributed by atoms with Gasteiger partial charge in [0.1, 0.15) is 5.82 Å². The zero-order valence-electron chi connectivity index (χ0n) is 16.1. The number of pyridine rings is 1. The predicted molar refractivity (Wildman–Crippen MR) is 101 cm³/mol. The molecule has 10 nitrogen and oxygen atoms in total. The molecule has 2 amide bonds. The summed E-state index contributed by atoms with van der Waals surface area (Å²) in [5.41, 5.74) is 1.01. The number of nitrogens with zero attached hydrogens (tertiary/aromatic N) is 7. The van der Waals surface area contributed by atoms with Crippen molar-refractivity contribution in [1.29, 1.82) is 0 Å². The minimum absolute atomic E-state index is 0.0362. The van der Waals surface area contributed by atoms with Gasteiger partial charge >= 0.3 is 11.8 Å². The van der Waals surface area contributed by atoms with E-state index in [0.717, 1.165) is 24.0 Å². The number of piperazine rings is 2. The lowest BCUT2D eigenvalue weighted by atomic mass is 10.1. The second-order valence-corrected chi connectivity index (χ2v) is 7.28. The van der Waals surface area contributed by atoms with Gasteiger partial charge in [-0.3, -0.25) is 24.0 Å². The summed E-state index contributed by atoms with van der Waals surface area (Å²) in [5.74, 6) is 0.696. The maximum atomic E-state index is 12.0. The number of rotatable bonds is 5. The Bertz CT molecular complexity index is 868. The van der Waals surface area contributed by atoms with E-state index in [4.69, 9.17) is 0 Å². The topological polar surface area (TPSA) is 99.5 Å². The number of hydrogen-bond donors (Lipinski definition) is 1. The van der Waals surface area contributed by atoms with Crippen molar-refractivity contribution in [2.75, 3.05) is 38.1 Å². The third-order valence-corrected chi connectivity index (χ3v) is 5.23. The molecule has 2 saturated heterocycles. The fourth-order valence-corrected chi connectivity index (χ4v) is 3.73. The van der Waals surface area contributed by atoms with Crippen LogP contribution in [0.1, 0.15) is 11.5 Å². The van der Waals surface area contributed by atoms with E-state index >= 15 is 0 Å². The van der Waals surface area contributed by atoms with E-state index < -0.39 is 11.8 Å². The van der Waals surface area contributed by atoms with Gasteiger partial charge in [-0.05, 0) is 19.2 Å². The van der Waals surface area contributed by atoms with Crippen LogP contribution in [0.2, 0.25) is 0 Å². The van der Waals surface area contributed by atoms with Gasteiger partial charge in [-0.25, -0.2) is 0 Å². The molecule has 2 fully saturated rings. The average Bonchev–Trinajstić information content (AvgIpc) is 3.05. The predicted octanol–water partition coefficient (Wildman–Crippen LogP) is -1.01. The van der Waals surface area contributed by atoms with Crippen LogP contribution in [0.4, 0.5) is 5.95 Å². The summed E-state index contributed by atoms with van der Waals surface area (Å²) < 4.78 is 1.99. The molecule has 2 aromatic rings. The van der Waals surface area contributed by atoms with Crippen LogP contribution in [0, 0.1) is 0 Å². The molecule has 0 saturated carbocycles. The van der Waals surface area contributed by atoms with Gasteiger partial charge in [0.2, 0.25) is 5.95 Å². The molecular formula is C18H24N8O2. The van der Waals surface area contributed by atoms with Gasteiger partial charge < -0.3 is 15.1 Å². The van der Waals surface area contributed by atoms with Crippen molar-refractivity contribution in [2.24, 2.45) is 7.05 Å². The Hall–Kier alpha value is -3.01. The van der Waals surface area contributed by atoms with Gasteiger partial charge in [-0.15, -0.1) is 10.2 Å². The normalized spacial score (nSPS) is 19.8. The smallest absolute Gasteiger partial charge is 0.312 e. The molecule has 2 aliphatic rings. The molecule has 0 aliphatic carbocycles. The maximum absolute atomic E-state index is 12.0. The van der Waals surface area contributed by atoms with Crippen molar-refractivity contribution < 1.29 is 9.59 Å². The Kier molecular flexibility index (Phi) is 4.95. The molecule has 0 aromatic carbocycles. The van der Waals surface area contributed by atoms with Crippen LogP contribution in [0.3, 0.4) is 0 Å². The quantitative estimate of drug-likeness (QED) is 0.660. The molecule has 4 heterocycles. The number of anilines is 1. The van der Waals surface area contributed by atoms with Crippen LogP contribution < -0.4 is 10.2 Å². The van der Waals surface area contributed by atoms with Gasteiger partial charge in [0.05, 0.1) is 18.3 Å². The molecule has 2 aromatic heterocycles. The number of nitrogens with one attached hydrogen (secondary N) is 1. The lowest BCUT2D eigenvalue weighted by Gasteiger charge is -2.43. The largest absolute Gasteiger partial charge is 0.346 e. The van der Waals surface area contributed by atoms with Crippen molar-refractivity contribution in [3.63, 3.8) is 0 Å². The van der Waals surface area contributed by atoms with Crippen LogP contribution in [-0.2, 0) is 29.7 Å². The van der Waals surface area contributed by atoms with Gasteiger partial charge in [0.15, 0.2) is 0 Å². The van der Waals surface area contributed by atoms with Gasteiger partial charge in [-0.2, -0.15) is 0 Å². The number of amides is 2. The van der Waals surface area contributed by atoms with Crippen molar-refractivity contribution in [3.8, 4) is 0 Å². The van der Waals surface area contributed by atoms with Crippen LogP contribution in [0.25, 0.3) is 0 Å². The number of carbonyl (C=O) groups is 2. The van der Waals surface area contributed by atoms with Gasteiger partial charge in [-0.1, -0.05) is 6.07 Å². The van der Waals surface area contributed by atoms with Crippen molar-refractivity contribution >= 4 is 17.8 Å². The molecule has 1 atom stereocenters. The molecule has 0 bridgehead atoms. The van der Waals surface area contributed by atoms with E-state index in [-0.39, 0.29) is 6.04 Å². The zero-order valence-corrected chi connectivity index (χ0v) is 16.1. The van der Waals surface area contributed by atoms with Gasteiger partial charge in [0.25, 0.3) is 0 Å². The highest BCUT2D eigenvalue weighted by Crippen LogP contribution is 2.19. The summed E-state index contributed by atoms with van der Waals surface area (Å²) in [7, 11) is 3.98. The monoisotopic (exact) mass is 384 g/mol. The molecule has 0 radical (unpaired) electrons. The van der Waals surface area contributed by atoms with Gasteiger partial charge in [0, 0.05) is 46.0 Å². The first kappa shape index (κ1) is 18.4. The van der Waals surface area contributed by atoms with E-state index in [0.29, 0.717) is 32.7 Å². The van der Waals surface area contributed by atoms with Crippen LogP contribution in [0.15, 0.2) is 24.4 Å². The molecule has 1 N–H and O–H groups in total. The summed E-state index contributed by atoms with van der Waals surface area (Å²) in [4.78, 5) is 33.8. The minimum atomic E-state index is -0.512. The van der Waals surface area contributed by atoms with Crippen LogP contribution >= 0.6 is 0 Å². The number of carbonyl (C=O) groups excluding carboxylic acids is 2. The molecule has 10 heteroatoms. The van der Waals surface area contributed by atoms with Crippen molar-refractivity contribution in [2.45, 2.75) is 19.1 Å². The maximum Gasteiger partial charge on any atom is 0.312 e. The first-order valence-corrected chi connectivity index (χ1v) is 9.33. The van der Waals surface area contributed by atoms with Crippen LogP contribution in [0.5, 0.6) is 0 Å². The number of fused-ring (bicyclic) bond motifs is 1. The molecule has 2 aliphatic heterocycles. The minimum Gasteiger partial charge on any atom is -0.346 e. The highest BCUT2D eigenvalue weighted by atomic mass is 16.2. The van der Waals surface area contributed by atoms with Crippen LogP contribution in [-0.4, -0.2) is 80.6 Å². The summed E-state index contributed by atoms with van der Waals surface area (Å²) >= 11 is 0. The molecule has 0 spiro atoms. The Balaban J connectivity index is 1.41. The van der Waals surface area contributed by atoms with E-state index in [9.17, 15) is 9.59 Å². The average molecular weight is 384 g/mol. The Labute approximate surface area is 163 Å². The summed E-state index contributed by atoms with van der Waals surface area (Å²) in [6.45, 7) is 3.62. The molecule has 148 valence electrons. The zero-order chi connectivity index (χ0) is 19.7. The summed E-state index contributed by atoms with van der Waals surface area (Å²) in [5, 5.41) is 11.4. The van der Waals surface area contributed by atoms with E-state index in [2.05, 4.69) is 30.3 Å². The van der Waals surface area contributed by atoms with E-state index in [1.165, 1.54) is 0 Å². The highest BCUT2D eigenvalue weighted by Gasteiger charge is 2.38. The molecule has 4 rings (SSSR count). The summed E-state index contributed by atoms with van der Waals surface area (Å²) in [6.07, 6.45) is 1.79. The third-order valence-electron chi connectivity index (χ3n) is 5.23. The highest BCUT2D eigenvalue weighted by molar-refractivity contribution is 6.35. The SMILES string of the molecule is CN(Cc1ccccn1)Cc1nnc(N2CCN3C(=O)C(=O)NCC3C2)n1C. The number of aromatic nitrogens is 4. The summed E-state index contributed by atoms with van der Waals surface area (Å²) in [6, 6.07) is 5.85. The second-order valence-electron chi connectivity index (χ2n) is 7.28. The van der Waals surface area contributed by atoms with Crippen molar-refractivity contribution in [3.05, 3.63) is 35.9 Å². The first-order chi connectivity index (χ1) is 13.5. The Morgan fingerprint density at radius 3 is 2.86 bits per heavy atom. The lowest BCUT2D eigenvalue weighted by molar-refractivity contribution is -0.150. The Morgan fingerprint density at radius 2 is 2.07 bits per heavy atom. The number of hydrogen-bond acceptors (Lipinski definition) is 7. The van der Waals surface area contributed by atoms with Crippen molar-refractivity contribution in [1.82, 2.24) is 34.9 Å². The Morgan fingerprint density at radius 1 is 1.21 bits per heavy atom. The lowest BCUT2D eigenvalue weighted by Crippen LogP contribution is -2.65. The standard InChI is InChI=1S/C18H24N8O2/c1-23(10-13-5-3-4-6-19-13)12-15-21-22-18(24(15)2)25-7-8-26-14(11-25)9-20-16(27)17(26)28/h3-6,14H,7-12H2,1-2H3,(H,20,27). The fourth-order valence-electron chi connectivity index (χ4n) is 3.73. The van der Waals surface area contributed by atoms with E-state index in [1.54, 1.807) is 11.1 Å². The fraction of sp³-hybridized carbons (Fsp3) is 0.500. The molecule has 28 heavy (non-hydrogen) atoms. The second kappa shape index (κ2) is 7.55. The third kappa shape index (κ3) is 3.55. The van der Waals surface area contributed by atoms with E-state index in [1.807, 2.05) is 36.9 Å². The first-order valence-electron chi connectivity index (χ1n) is 9.33. The molecular weight excluding hydrogens is 360 g/mol. The molecule has 1 unspecified atom stereocenters.